The van der Waals surface area contributed by atoms with E-state index in [1.165, 1.54) is 41.3 Å². The number of rotatable bonds is 8. The van der Waals surface area contributed by atoms with E-state index in [1.54, 1.807) is 31.5 Å². The number of carbonyl (C=O) groups excluding carboxylic acids is 2. The van der Waals surface area contributed by atoms with E-state index in [2.05, 4.69) is 25.8 Å². The Hall–Kier alpha value is -2.79. The maximum absolute atomic E-state index is 13.9. The summed E-state index contributed by atoms with van der Waals surface area (Å²) in [6, 6.07) is 5.29. The maximum atomic E-state index is 13.9. The van der Waals surface area contributed by atoms with Crippen LogP contribution in [0.15, 0.2) is 41.0 Å². The number of anilines is 1. The second kappa shape index (κ2) is 9.81. The van der Waals surface area contributed by atoms with Crippen LogP contribution in [0.5, 0.6) is 0 Å². The molecule has 2 N–H and O–H groups in total. The van der Waals surface area contributed by atoms with Crippen LogP contribution < -0.4 is 10.6 Å². The minimum atomic E-state index is -0.588. The topological polar surface area (TPSA) is 102 Å². The number of thioether (sulfide) groups is 1. The monoisotopic (exact) mass is 448 g/mol. The summed E-state index contributed by atoms with van der Waals surface area (Å²) in [6.07, 6.45) is 1.62. The molecule has 0 fully saturated rings. The third-order valence-corrected chi connectivity index (χ3v) is 6.00. The van der Waals surface area contributed by atoms with Crippen molar-refractivity contribution in [2.75, 3.05) is 5.32 Å². The Morgan fingerprint density at radius 2 is 2.03 bits per heavy atom. The molecule has 0 radical (unpaired) electrons. The first-order valence-electron chi connectivity index (χ1n) is 9.26. The lowest BCUT2D eigenvalue weighted by Crippen LogP contribution is -2.29. The average Bonchev–Trinajstić information content (AvgIpc) is 3.37. The van der Waals surface area contributed by atoms with Crippen LogP contribution in [0.3, 0.4) is 0 Å². The molecule has 8 nitrogen and oxygen atoms in total. The molecule has 3 rings (SSSR count). The van der Waals surface area contributed by atoms with Crippen molar-refractivity contribution in [3.63, 3.8) is 0 Å². The number of benzene rings is 1. The van der Waals surface area contributed by atoms with E-state index in [9.17, 15) is 14.0 Å². The second-order valence-corrected chi connectivity index (χ2v) is 8.55. The number of nitrogens with zero attached hydrogens (tertiary/aromatic N) is 4. The van der Waals surface area contributed by atoms with Crippen LogP contribution in [0.2, 0.25) is 0 Å². The van der Waals surface area contributed by atoms with Gasteiger partial charge in [0.15, 0.2) is 16.1 Å². The van der Waals surface area contributed by atoms with Gasteiger partial charge in [0.25, 0.3) is 5.91 Å². The van der Waals surface area contributed by atoms with Gasteiger partial charge in [-0.05, 0) is 32.9 Å². The molecule has 2 heterocycles. The molecule has 1 aromatic carbocycles. The van der Waals surface area contributed by atoms with Crippen molar-refractivity contribution in [1.29, 1.82) is 0 Å². The summed E-state index contributed by atoms with van der Waals surface area (Å²) in [4.78, 5) is 28.8. The Bertz CT molecular complexity index is 1020. The quantitative estimate of drug-likeness (QED) is 0.512. The number of halogens is 1. The molecule has 158 valence electrons. The fourth-order valence-electron chi connectivity index (χ4n) is 2.69. The predicted octanol–water partition coefficient (Wildman–Crippen LogP) is 3.50. The van der Waals surface area contributed by atoms with Gasteiger partial charge >= 0.3 is 0 Å². The zero-order valence-corrected chi connectivity index (χ0v) is 18.3. The number of hydrogen-bond donors (Lipinski definition) is 2. The Morgan fingerprint density at radius 1 is 1.27 bits per heavy atom. The van der Waals surface area contributed by atoms with Gasteiger partial charge in [-0.25, -0.2) is 9.37 Å². The Morgan fingerprint density at radius 3 is 2.70 bits per heavy atom. The summed E-state index contributed by atoms with van der Waals surface area (Å²) in [5, 5.41) is 16.3. The van der Waals surface area contributed by atoms with Crippen LogP contribution >= 0.6 is 23.1 Å². The number of amides is 2. The lowest BCUT2D eigenvalue weighted by Gasteiger charge is -2.16. The van der Waals surface area contributed by atoms with E-state index in [0.29, 0.717) is 22.7 Å². The highest BCUT2D eigenvalue weighted by Crippen LogP contribution is 2.26. The fourth-order valence-corrected chi connectivity index (χ4v) is 4.14. The number of nitrogens with one attached hydrogen (secondary N) is 2. The minimum Gasteiger partial charge on any atom is -0.342 e. The highest BCUT2D eigenvalue weighted by Gasteiger charge is 2.24. The summed E-state index contributed by atoms with van der Waals surface area (Å²) in [7, 11) is 0. The molecule has 30 heavy (non-hydrogen) atoms. The number of carbonyl (C=O) groups is 2. The molecule has 2 aromatic heterocycles. The molecule has 0 aliphatic heterocycles. The van der Waals surface area contributed by atoms with Crippen LogP contribution in [0.4, 0.5) is 9.52 Å². The van der Waals surface area contributed by atoms with Crippen molar-refractivity contribution in [3.05, 3.63) is 53.0 Å². The maximum Gasteiger partial charge on any atom is 0.254 e. The molecular weight excluding hydrogens is 427 g/mol. The van der Waals surface area contributed by atoms with E-state index in [4.69, 9.17) is 0 Å². The number of aromatic nitrogens is 4. The molecule has 2 unspecified atom stereocenters. The smallest absolute Gasteiger partial charge is 0.254 e. The molecule has 0 bridgehead atoms. The zero-order valence-electron chi connectivity index (χ0n) is 16.6. The molecule has 2 atom stereocenters. The highest BCUT2D eigenvalue weighted by molar-refractivity contribution is 8.00. The third kappa shape index (κ3) is 5.03. The summed E-state index contributed by atoms with van der Waals surface area (Å²) < 4.78 is 15.7. The van der Waals surface area contributed by atoms with Crippen molar-refractivity contribution in [2.24, 2.45) is 0 Å². The van der Waals surface area contributed by atoms with Gasteiger partial charge in [0.1, 0.15) is 5.82 Å². The minimum absolute atomic E-state index is 0.0333. The first kappa shape index (κ1) is 21.9. The van der Waals surface area contributed by atoms with Crippen LogP contribution in [-0.4, -0.2) is 36.8 Å². The molecule has 0 aliphatic carbocycles. The third-order valence-electron chi connectivity index (χ3n) is 4.23. The van der Waals surface area contributed by atoms with Crippen LogP contribution in [0, 0.1) is 5.82 Å². The van der Waals surface area contributed by atoms with Gasteiger partial charge in [0.2, 0.25) is 5.91 Å². The molecule has 11 heteroatoms. The molecular formula is C19H21FN6O2S2. The van der Waals surface area contributed by atoms with E-state index in [0.717, 1.165) is 0 Å². The molecule has 0 saturated heterocycles. The van der Waals surface area contributed by atoms with Crippen molar-refractivity contribution in [1.82, 2.24) is 25.1 Å². The summed E-state index contributed by atoms with van der Waals surface area (Å²) in [5.41, 5.74) is -0.0333. The predicted molar refractivity (Wildman–Crippen MR) is 114 cm³/mol. The molecule has 3 aromatic rings. The van der Waals surface area contributed by atoms with Gasteiger partial charge in [-0.15, -0.1) is 21.5 Å². The first-order valence-corrected chi connectivity index (χ1v) is 11.0. The van der Waals surface area contributed by atoms with Crippen molar-refractivity contribution >= 4 is 40.0 Å². The van der Waals surface area contributed by atoms with Gasteiger partial charge in [-0.1, -0.05) is 23.9 Å². The van der Waals surface area contributed by atoms with Crippen LogP contribution in [0.1, 0.15) is 43.0 Å². The lowest BCUT2D eigenvalue weighted by molar-refractivity contribution is -0.115. The molecule has 0 spiro atoms. The van der Waals surface area contributed by atoms with Gasteiger partial charge in [-0.3, -0.25) is 9.59 Å². The Labute approximate surface area is 181 Å². The first-order chi connectivity index (χ1) is 14.4. The van der Waals surface area contributed by atoms with Crippen molar-refractivity contribution in [2.45, 2.75) is 43.8 Å². The lowest BCUT2D eigenvalue weighted by atomic mass is 10.2. The normalized spacial score (nSPS) is 12.9. The molecule has 0 saturated carbocycles. The van der Waals surface area contributed by atoms with Gasteiger partial charge in [0, 0.05) is 18.1 Å². The van der Waals surface area contributed by atoms with Gasteiger partial charge in [0.05, 0.1) is 16.9 Å². The van der Waals surface area contributed by atoms with Crippen LogP contribution in [0.25, 0.3) is 0 Å². The fraction of sp³-hybridized carbons (Fsp3) is 0.316. The van der Waals surface area contributed by atoms with Gasteiger partial charge < -0.3 is 15.2 Å². The Kier molecular flexibility index (Phi) is 7.16. The van der Waals surface area contributed by atoms with E-state index in [-0.39, 0.29) is 11.5 Å². The summed E-state index contributed by atoms with van der Waals surface area (Å²) >= 11 is 2.61. The van der Waals surface area contributed by atoms with Crippen molar-refractivity contribution < 1.29 is 14.0 Å². The summed E-state index contributed by atoms with van der Waals surface area (Å²) in [5.74, 6) is -0.785. The zero-order chi connectivity index (χ0) is 21.7. The second-order valence-electron chi connectivity index (χ2n) is 6.35. The van der Waals surface area contributed by atoms with Crippen LogP contribution in [-0.2, 0) is 11.3 Å². The molecule has 2 amide bonds. The summed E-state index contributed by atoms with van der Waals surface area (Å²) in [6.45, 7) is 5.99. The van der Waals surface area contributed by atoms with E-state index < -0.39 is 23.0 Å². The highest BCUT2D eigenvalue weighted by atomic mass is 32.2. The van der Waals surface area contributed by atoms with E-state index in [1.807, 2.05) is 11.5 Å². The van der Waals surface area contributed by atoms with E-state index >= 15 is 0 Å². The Balaban J connectivity index is 1.69. The standard InChI is InChI=1S/C19H21FN6O2S2/c1-4-26-15(11(2)22-17(28)13-7-5-6-8-14(13)20)24-25-19(26)30-12(3)16(27)23-18-21-9-10-29-18/h5-12H,4H2,1-3H3,(H,22,28)(H,21,23,27). The SMILES string of the molecule is CCn1c(SC(C)C(=O)Nc2nccs2)nnc1C(C)NC(=O)c1ccccc1F. The van der Waals surface area contributed by atoms with Crippen molar-refractivity contribution in [3.8, 4) is 0 Å². The number of thiazole rings is 1. The van der Waals surface area contributed by atoms with Gasteiger partial charge in [-0.2, -0.15) is 0 Å². The average molecular weight is 449 g/mol. The molecule has 0 aliphatic rings. The number of hydrogen-bond acceptors (Lipinski definition) is 7. The largest absolute Gasteiger partial charge is 0.342 e.